The van der Waals surface area contributed by atoms with Crippen LogP contribution < -0.4 is 4.74 Å². The lowest BCUT2D eigenvalue weighted by atomic mass is 10.0. The van der Waals surface area contributed by atoms with Crippen molar-refractivity contribution in [3.05, 3.63) is 65.0 Å². The number of Topliss-reactive ketones (excluding diaryl/α,β-unsaturated/α-hetero) is 1. The highest BCUT2D eigenvalue weighted by Gasteiger charge is 2.22. The molecule has 0 bridgehead atoms. The van der Waals surface area contributed by atoms with E-state index in [1.54, 1.807) is 24.9 Å². The zero-order valence-corrected chi connectivity index (χ0v) is 12.2. The first kappa shape index (κ1) is 13.9. The molecule has 1 aliphatic heterocycles. The highest BCUT2D eigenvalue weighted by Crippen LogP contribution is 2.34. The minimum absolute atomic E-state index is 0.105. The van der Waals surface area contributed by atoms with Gasteiger partial charge < -0.3 is 4.74 Å². The van der Waals surface area contributed by atoms with Gasteiger partial charge in [0.1, 0.15) is 11.6 Å². The van der Waals surface area contributed by atoms with Crippen molar-refractivity contribution < 1.29 is 13.9 Å². The molecule has 3 rings (SSSR count). The summed E-state index contributed by atoms with van der Waals surface area (Å²) in [7, 11) is 1.60. The molecule has 1 aliphatic rings. The smallest absolute Gasteiger partial charge is 0.191 e. The molecule has 21 heavy (non-hydrogen) atoms. The van der Waals surface area contributed by atoms with Crippen molar-refractivity contribution in [2.75, 3.05) is 12.9 Å². The van der Waals surface area contributed by atoms with E-state index in [0.717, 1.165) is 16.2 Å². The summed E-state index contributed by atoms with van der Waals surface area (Å²) < 4.78 is 18.5. The zero-order valence-electron chi connectivity index (χ0n) is 11.4. The molecule has 0 atom stereocenters. The second kappa shape index (κ2) is 5.74. The van der Waals surface area contributed by atoms with Crippen molar-refractivity contribution in [1.29, 1.82) is 0 Å². The Labute approximate surface area is 126 Å². The van der Waals surface area contributed by atoms with E-state index in [-0.39, 0.29) is 11.6 Å². The molecule has 0 N–H and O–H groups in total. The van der Waals surface area contributed by atoms with Crippen LogP contribution in [0.25, 0.3) is 6.08 Å². The van der Waals surface area contributed by atoms with Gasteiger partial charge in [-0.05, 0) is 42.0 Å². The molecule has 0 aliphatic carbocycles. The monoisotopic (exact) mass is 300 g/mol. The Balaban J connectivity index is 1.97. The summed E-state index contributed by atoms with van der Waals surface area (Å²) >= 11 is 1.55. The van der Waals surface area contributed by atoms with E-state index >= 15 is 0 Å². The van der Waals surface area contributed by atoms with Crippen molar-refractivity contribution in [1.82, 2.24) is 0 Å². The predicted octanol–water partition coefficient (Wildman–Crippen LogP) is 4.21. The van der Waals surface area contributed by atoms with Crippen LogP contribution in [0.1, 0.15) is 15.9 Å². The van der Waals surface area contributed by atoms with Gasteiger partial charge in [0, 0.05) is 21.8 Å². The summed E-state index contributed by atoms with van der Waals surface area (Å²) in [5.74, 6) is 0.845. The number of hydrogen-bond donors (Lipinski definition) is 0. The van der Waals surface area contributed by atoms with Crippen molar-refractivity contribution in [2.24, 2.45) is 0 Å². The molecule has 0 fully saturated rings. The lowest BCUT2D eigenvalue weighted by Crippen LogP contribution is -2.12. The Morgan fingerprint density at radius 3 is 2.90 bits per heavy atom. The highest BCUT2D eigenvalue weighted by molar-refractivity contribution is 7.99. The summed E-state index contributed by atoms with van der Waals surface area (Å²) in [5.41, 5.74) is 2.02. The van der Waals surface area contributed by atoms with Gasteiger partial charge in [-0.1, -0.05) is 12.1 Å². The third-order valence-corrected chi connectivity index (χ3v) is 4.42. The van der Waals surface area contributed by atoms with E-state index in [2.05, 4.69) is 0 Å². The van der Waals surface area contributed by atoms with Gasteiger partial charge in [0.15, 0.2) is 5.78 Å². The summed E-state index contributed by atoms with van der Waals surface area (Å²) in [6.07, 6.45) is 1.84. The van der Waals surface area contributed by atoms with Gasteiger partial charge in [0.2, 0.25) is 0 Å². The number of fused-ring (bicyclic) bond motifs is 1. The molecule has 2 nitrogen and oxygen atoms in total. The second-order valence-corrected chi connectivity index (χ2v) is 5.72. The van der Waals surface area contributed by atoms with E-state index in [9.17, 15) is 9.18 Å². The SMILES string of the molecule is COc1cccc(/C=C2\CSc3ccc(F)cc3C2=O)c1. The van der Waals surface area contributed by atoms with E-state index in [0.29, 0.717) is 16.9 Å². The maximum absolute atomic E-state index is 13.3. The molecule has 0 unspecified atom stereocenters. The standard InChI is InChI=1S/C17H13FO2S/c1-20-14-4-2-3-11(8-14)7-12-10-21-16-6-5-13(18)9-15(16)17(12)19/h2-9H,10H2,1H3/b12-7+. The molecule has 0 spiro atoms. The van der Waals surface area contributed by atoms with Gasteiger partial charge in [0.25, 0.3) is 0 Å². The minimum Gasteiger partial charge on any atom is -0.497 e. The Morgan fingerprint density at radius 2 is 2.10 bits per heavy atom. The molecule has 0 saturated heterocycles. The third kappa shape index (κ3) is 2.85. The number of ether oxygens (including phenoxy) is 1. The summed E-state index contributed by atoms with van der Waals surface area (Å²) in [6, 6.07) is 11.9. The number of halogens is 1. The Kier molecular flexibility index (Phi) is 3.80. The van der Waals surface area contributed by atoms with Crippen molar-refractivity contribution in [3.8, 4) is 5.75 Å². The largest absolute Gasteiger partial charge is 0.497 e. The maximum atomic E-state index is 13.3. The van der Waals surface area contributed by atoms with E-state index < -0.39 is 0 Å². The highest BCUT2D eigenvalue weighted by atomic mass is 32.2. The number of rotatable bonds is 2. The molecule has 2 aromatic rings. The number of methoxy groups -OCH3 is 1. The van der Waals surface area contributed by atoms with Crippen molar-refractivity contribution in [2.45, 2.75) is 4.90 Å². The van der Waals surface area contributed by atoms with Crippen LogP contribution in [0.2, 0.25) is 0 Å². The van der Waals surface area contributed by atoms with E-state index in [1.807, 2.05) is 30.3 Å². The fraction of sp³-hybridized carbons (Fsp3) is 0.118. The number of carbonyl (C=O) groups is 1. The van der Waals surface area contributed by atoms with E-state index in [1.165, 1.54) is 12.1 Å². The van der Waals surface area contributed by atoms with Gasteiger partial charge in [-0.15, -0.1) is 11.8 Å². The lowest BCUT2D eigenvalue weighted by molar-refractivity contribution is 0.103. The molecule has 4 heteroatoms. The fourth-order valence-corrected chi connectivity index (χ4v) is 3.24. The number of ketones is 1. The molecular weight excluding hydrogens is 287 g/mol. The number of carbonyl (C=O) groups excluding carboxylic acids is 1. The molecule has 0 radical (unpaired) electrons. The van der Waals surface area contributed by atoms with E-state index in [4.69, 9.17) is 4.74 Å². The third-order valence-electron chi connectivity index (χ3n) is 3.30. The summed E-state index contributed by atoms with van der Waals surface area (Å²) in [5, 5.41) is 0. The Hall–Kier alpha value is -2.07. The van der Waals surface area contributed by atoms with Crippen LogP contribution in [0.5, 0.6) is 5.75 Å². The van der Waals surface area contributed by atoms with Gasteiger partial charge in [0.05, 0.1) is 7.11 Å². The summed E-state index contributed by atoms with van der Waals surface area (Å²) in [4.78, 5) is 13.3. The first-order valence-electron chi connectivity index (χ1n) is 6.49. The van der Waals surface area contributed by atoms with Gasteiger partial charge >= 0.3 is 0 Å². The molecule has 0 saturated carbocycles. The first-order valence-corrected chi connectivity index (χ1v) is 7.47. The van der Waals surface area contributed by atoms with Gasteiger partial charge in [-0.2, -0.15) is 0 Å². The normalized spacial score (nSPS) is 15.9. The zero-order chi connectivity index (χ0) is 14.8. The number of thioether (sulfide) groups is 1. The average Bonchev–Trinajstić information content (AvgIpc) is 2.51. The molecule has 0 aromatic heterocycles. The maximum Gasteiger partial charge on any atom is 0.191 e. The Morgan fingerprint density at radius 1 is 1.24 bits per heavy atom. The molecule has 2 aromatic carbocycles. The van der Waals surface area contributed by atoms with Crippen LogP contribution in [0, 0.1) is 5.82 Å². The summed E-state index contributed by atoms with van der Waals surface area (Å²) in [6.45, 7) is 0. The number of hydrogen-bond acceptors (Lipinski definition) is 3. The van der Waals surface area contributed by atoms with Crippen molar-refractivity contribution >= 4 is 23.6 Å². The van der Waals surface area contributed by atoms with Crippen LogP contribution in [0.15, 0.2) is 52.9 Å². The first-order chi connectivity index (χ1) is 10.2. The van der Waals surface area contributed by atoms with Crippen LogP contribution in [-0.2, 0) is 0 Å². The van der Waals surface area contributed by atoms with Gasteiger partial charge in [-0.3, -0.25) is 4.79 Å². The van der Waals surface area contributed by atoms with Crippen LogP contribution in [-0.4, -0.2) is 18.6 Å². The molecular formula is C17H13FO2S. The molecule has 0 amide bonds. The second-order valence-electron chi connectivity index (χ2n) is 4.70. The van der Waals surface area contributed by atoms with Gasteiger partial charge in [-0.25, -0.2) is 4.39 Å². The minimum atomic E-state index is -0.384. The molecule has 106 valence electrons. The van der Waals surface area contributed by atoms with Crippen molar-refractivity contribution in [3.63, 3.8) is 0 Å². The topological polar surface area (TPSA) is 26.3 Å². The van der Waals surface area contributed by atoms with Crippen LogP contribution in [0.3, 0.4) is 0 Å². The fourth-order valence-electron chi connectivity index (χ4n) is 2.24. The quantitative estimate of drug-likeness (QED) is 0.777. The number of benzene rings is 2. The Bertz CT molecular complexity index is 737. The lowest BCUT2D eigenvalue weighted by Gasteiger charge is -2.17. The average molecular weight is 300 g/mol. The van der Waals surface area contributed by atoms with Crippen LogP contribution in [0.4, 0.5) is 4.39 Å². The van der Waals surface area contributed by atoms with Crippen LogP contribution >= 0.6 is 11.8 Å². The predicted molar refractivity (Wildman–Crippen MR) is 82.4 cm³/mol. The molecule has 1 heterocycles.